The second-order valence-electron chi connectivity index (χ2n) is 12.1. The van der Waals surface area contributed by atoms with Crippen LogP contribution in [-0.4, -0.2) is 58.3 Å². The summed E-state index contributed by atoms with van der Waals surface area (Å²) in [7, 11) is 9.52. The molecule has 7 nitrogen and oxygen atoms in total. The zero-order chi connectivity index (χ0) is 30.4. The number of fused-ring (bicyclic) bond motifs is 2. The van der Waals surface area contributed by atoms with Crippen molar-refractivity contribution in [2.24, 2.45) is 0 Å². The molecule has 4 aliphatic rings. The second kappa shape index (κ2) is 11.7. The summed E-state index contributed by atoms with van der Waals surface area (Å²) in [6, 6.07) is 23.5. The van der Waals surface area contributed by atoms with Crippen molar-refractivity contribution < 1.29 is 23.7 Å². The van der Waals surface area contributed by atoms with Crippen LogP contribution < -0.4 is 23.7 Å². The van der Waals surface area contributed by atoms with Crippen LogP contribution in [0.4, 0.5) is 0 Å². The molecule has 4 aromatic carbocycles. The highest BCUT2D eigenvalue weighted by molar-refractivity contribution is 5.56. The van der Waals surface area contributed by atoms with Crippen molar-refractivity contribution >= 4 is 0 Å². The smallest absolute Gasteiger partial charge is 0.169 e. The van der Waals surface area contributed by atoms with E-state index >= 15 is 0 Å². The third-order valence-corrected chi connectivity index (χ3v) is 9.54. The van der Waals surface area contributed by atoms with Crippen LogP contribution in [0.2, 0.25) is 0 Å². The van der Waals surface area contributed by atoms with Gasteiger partial charge >= 0.3 is 0 Å². The number of nitrogens with zero attached hydrogens (tertiary/aromatic N) is 2. The van der Waals surface area contributed by atoms with Crippen LogP contribution in [0, 0.1) is 0 Å². The lowest BCUT2D eigenvalue weighted by Crippen LogP contribution is -2.34. The number of ether oxygens (including phenoxy) is 5. The monoisotopic (exact) mass is 592 g/mol. The molecule has 0 aromatic heterocycles. The quantitative estimate of drug-likeness (QED) is 0.250. The van der Waals surface area contributed by atoms with Crippen molar-refractivity contribution in [1.82, 2.24) is 9.80 Å². The average Bonchev–Trinajstić information content (AvgIpc) is 3.04. The van der Waals surface area contributed by atoms with Gasteiger partial charge in [0.05, 0.1) is 21.3 Å². The molecular weight excluding hydrogens is 552 g/mol. The van der Waals surface area contributed by atoms with Gasteiger partial charge in [-0.3, -0.25) is 9.80 Å². The van der Waals surface area contributed by atoms with E-state index < -0.39 is 0 Å². The van der Waals surface area contributed by atoms with Gasteiger partial charge in [0.1, 0.15) is 17.2 Å². The van der Waals surface area contributed by atoms with E-state index in [9.17, 15) is 0 Å². The van der Waals surface area contributed by atoms with Crippen LogP contribution in [0.15, 0.2) is 66.7 Å². The van der Waals surface area contributed by atoms with Gasteiger partial charge in [0.15, 0.2) is 23.0 Å². The number of hydrogen-bond donors (Lipinski definition) is 0. The Kier molecular flexibility index (Phi) is 7.60. The molecule has 44 heavy (non-hydrogen) atoms. The van der Waals surface area contributed by atoms with E-state index in [1.165, 1.54) is 27.8 Å². The Morgan fingerprint density at radius 1 is 0.614 bits per heavy atom. The molecule has 8 rings (SSSR count). The van der Waals surface area contributed by atoms with E-state index in [4.69, 9.17) is 23.7 Å². The van der Waals surface area contributed by atoms with E-state index in [-0.39, 0.29) is 12.1 Å². The molecule has 0 N–H and O–H groups in total. The van der Waals surface area contributed by atoms with E-state index in [1.54, 1.807) is 21.3 Å². The maximum atomic E-state index is 6.93. The Morgan fingerprint density at radius 2 is 1.30 bits per heavy atom. The minimum absolute atomic E-state index is 0.0848. The predicted octanol–water partition coefficient (Wildman–Crippen LogP) is 7.15. The fourth-order valence-electron chi connectivity index (χ4n) is 7.03. The van der Waals surface area contributed by atoms with Crippen molar-refractivity contribution in [2.75, 3.05) is 48.5 Å². The Bertz CT molecular complexity index is 1680. The summed E-state index contributed by atoms with van der Waals surface area (Å²) in [6.45, 7) is 1.92. The molecule has 0 saturated heterocycles. The van der Waals surface area contributed by atoms with Gasteiger partial charge in [-0.05, 0) is 110 Å². The van der Waals surface area contributed by atoms with E-state index in [0.29, 0.717) is 11.5 Å². The van der Waals surface area contributed by atoms with Crippen molar-refractivity contribution in [3.05, 3.63) is 100 Å². The second-order valence-corrected chi connectivity index (χ2v) is 12.1. The molecule has 0 radical (unpaired) electrons. The molecule has 228 valence electrons. The van der Waals surface area contributed by atoms with Gasteiger partial charge in [0.25, 0.3) is 0 Å². The molecule has 0 spiro atoms. The zero-order valence-corrected chi connectivity index (χ0v) is 26.2. The summed E-state index contributed by atoms with van der Waals surface area (Å²) in [4.78, 5) is 4.86. The minimum Gasteiger partial charge on any atom is -0.497 e. The fourth-order valence-corrected chi connectivity index (χ4v) is 7.03. The molecule has 2 atom stereocenters. The number of rotatable bonds is 3. The zero-order valence-electron chi connectivity index (χ0n) is 26.2. The van der Waals surface area contributed by atoms with Gasteiger partial charge in [0.2, 0.25) is 0 Å². The van der Waals surface area contributed by atoms with Crippen molar-refractivity contribution in [1.29, 1.82) is 0 Å². The normalized spacial score (nSPS) is 19.6. The molecule has 1 unspecified atom stereocenters. The maximum Gasteiger partial charge on any atom is 0.169 e. The Hall–Kier alpha value is -4.20. The summed E-state index contributed by atoms with van der Waals surface area (Å²) < 4.78 is 30.8. The number of hydrogen-bond acceptors (Lipinski definition) is 7. The van der Waals surface area contributed by atoms with Crippen LogP contribution in [0.1, 0.15) is 45.5 Å². The highest BCUT2D eigenvalue weighted by atomic mass is 16.5. The summed E-state index contributed by atoms with van der Waals surface area (Å²) >= 11 is 0. The topological polar surface area (TPSA) is 52.6 Å². The largest absolute Gasteiger partial charge is 0.497 e. The molecule has 4 aromatic rings. The first kappa shape index (κ1) is 28.6. The lowest BCUT2D eigenvalue weighted by Gasteiger charge is -2.37. The highest BCUT2D eigenvalue weighted by Gasteiger charge is 2.32. The van der Waals surface area contributed by atoms with Gasteiger partial charge < -0.3 is 23.7 Å². The van der Waals surface area contributed by atoms with E-state index in [0.717, 1.165) is 73.1 Å². The van der Waals surface area contributed by atoms with Crippen LogP contribution in [0.25, 0.3) is 0 Å². The van der Waals surface area contributed by atoms with Gasteiger partial charge in [-0.1, -0.05) is 18.2 Å². The van der Waals surface area contributed by atoms with Gasteiger partial charge in [-0.15, -0.1) is 0 Å². The Balaban J connectivity index is 1.43. The standard InChI is InChI=1S/C37H40N2O5/c1-38-14-12-25-20-33(42-5)35-22-29(25)30(38)16-23-6-9-27(10-7-23)43-34-18-24(8-11-32(34)41-4)17-31-37-26(13-15-39(31)2)19-28(40-3)21-36(37)44-35/h6-11,18-22,30-31H,12-17H2,1-5H3/t30?,31-/m0/s1. The van der Waals surface area contributed by atoms with Crippen molar-refractivity contribution in [3.63, 3.8) is 0 Å². The van der Waals surface area contributed by atoms with Crippen LogP contribution in [-0.2, 0) is 25.7 Å². The average molecular weight is 593 g/mol. The summed E-state index contributed by atoms with van der Waals surface area (Å²) in [5.41, 5.74) is 7.42. The number of likely N-dealkylation sites (N-methyl/N-ethyl adjacent to an activating group) is 2. The first-order valence-electron chi connectivity index (χ1n) is 15.4. The third-order valence-electron chi connectivity index (χ3n) is 9.54. The van der Waals surface area contributed by atoms with Crippen molar-refractivity contribution in [2.45, 2.75) is 37.8 Å². The highest BCUT2D eigenvalue weighted by Crippen LogP contribution is 2.46. The molecule has 6 bridgehead atoms. The molecule has 0 aliphatic carbocycles. The first-order valence-corrected chi connectivity index (χ1v) is 15.4. The maximum absolute atomic E-state index is 6.93. The molecule has 0 fully saturated rings. The number of methoxy groups -OCH3 is 3. The van der Waals surface area contributed by atoms with Crippen molar-refractivity contribution in [3.8, 4) is 40.2 Å². The molecule has 0 amide bonds. The molecule has 7 heteroatoms. The minimum atomic E-state index is 0.0848. The lowest BCUT2D eigenvalue weighted by molar-refractivity contribution is 0.222. The molecule has 4 heterocycles. The molecular formula is C37H40N2O5. The predicted molar refractivity (Wildman–Crippen MR) is 171 cm³/mol. The third kappa shape index (κ3) is 5.24. The summed E-state index contributed by atoms with van der Waals surface area (Å²) in [5.74, 6) is 5.28. The van der Waals surface area contributed by atoms with Crippen LogP contribution in [0.5, 0.6) is 40.2 Å². The summed E-state index contributed by atoms with van der Waals surface area (Å²) in [5, 5.41) is 0. The van der Waals surface area contributed by atoms with Gasteiger partial charge in [0, 0.05) is 36.8 Å². The molecule has 4 aliphatic heterocycles. The van der Waals surface area contributed by atoms with Crippen LogP contribution >= 0.6 is 0 Å². The summed E-state index contributed by atoms with van der Waals surface area (Å²) in [6.07, 6.45) is 3.53. The Labute approximate surface area is 259 Å². The Morgan fingerprint density at radius 3 is 2.05 bits per heavy atom. The van der Waals surface area contributed by atoms with Crippen LogP contribution in [0.3, 0.4) is 0 Å². The SMILES string of the molecule is COc1cc2c3c(c1)Oc1cc4c(cc1OC)CCN(C)C4Cc1ccc(cc1)Oc1cc(ccc1OC)C[C@@H]3N(C)CC2. The lowest BCUT2D eigenvalue weighted by atomic mass is 9.87. The van der Waals surface area contributed by atoms with E-state index in [1.807, 2.05) is 12.1 Å². The van der Waals surface area contributed by atoms with Gasteiger partial charge in [-0.2, -0.15) is 0 Å². The molecule has 0 saturated carbocycles. The first-order chi connectivity index (χ1) is 21.4. The van der Waals surface area contributed by atoms with E-state index in [2.05, 4.69) is 78.5 Å². The van der Waals surface area contributed by atoms with Gasteiger partial charge in [-0.25, -0.2) is 0 Å². The number of benzene rings is 4. The fraction of sp³-hybridized carbons (Fsp3) is 0.351.